The average molecular weight is 941 g/mol. The molecule has 0 bridgehead atoms. The second-order valence-electron chi connectivity index (χ2n) is 21.8. The molecule has 0 radical (unpaired) electrons. The molecule has 10 aromatic rings. The Morgan fingerprint density at radius 2 is 0.603 bits per heavy atom. The van der Waals surface area contributed by atoms with Crippen molar-refractivity contribution >= 4 is 46.3 Å². The first kappa shape index (κ1) is 45.7. The Morgan fingerprint density at radius 1 is 0.288 bits per heavy atom. The SMILES string of the molecule is CC(C)(C)c1ccc2c(c1)C1(c3cc(/C=C/c4ccc(N(c5ccccc5)c5ccccc5)cc4)ccc3-c3ccc(-c4ccc(N(c5ccccc5)c5ccccc5)cc4)cc31)c1cc(C(C)(C)C)ccc1-2. The molecule has 0 atom stereocenters. The standard InChI is InChI=1S/C71H60N2/c1-69(2,3)53-35-43-63-64-44-36-54(70(4,5)6)48-68(64)71(67(63)47-53)65-45-50(28-27-49-29-37-59(38-30-49)72(55-19-11-7-12-20-55)56-21-13-8-14-22-56)31-41-61(65)62-42-34-52(46-66(62)71)51-32-39-60(40-33-51)73(57-23-15-9-16-24-57)58-25-17-10-18-26-58/h7-48H,1-6H3/b28-27+. The Labute approximate surface area is 432 Å². The van der Waals surface area contributed by atoms with Gasteiger partial charge in [-0.15, -0.1) is 0 Å². The molecule has 10 aromatic carbocycles. The van der Waals surface area contributed by atoms with E-state index >= 15 is 0 Å². The molecule has 2 heteroatoms. The van der Waals surface area contributed by atoms with Crippen molar-refractivity contribution in [3.8, 4) is 33.4 Å². The lowest BCUT2D eigenvalue weighted by Crippen LogP contribution is -2.27. The molecule has 0 amide bonds. The Balaban J connectivity index is 0.994. The lowest BCUT2D eigenvalue weighted by Gasteiger charge is -2.33. The van der Waals surface area contributed by atoms with Gasteiger partial charge < -0.3 is 9.80 Å². The van der Waals surface area contributed by atoms with E-state index in [4.69, 9.17) is 0 Å². The summed E-state index contributed by atoms with van der Waals surface area (Å²) in [5.74, 6) is 0. The summed E-state index contributed by atoms with van der Waals surface area (Å²) in [6, 6.07) is 89.7. The molecule has 2 aliphatic rings. The predicted octanol–water partition coefficient (Wildman–Crippen LogP) is 19.4. The van der Waals surface area contributed by atoms with Crippen LogP contribution in [0.1, 0.15) is 86.1 Å². The van der Waals surface area contributed by atoms with Gasteiger partial charge in [0.2, 0.25) is 0 Å². The number of fused-ring (bicyclic) bond motifs is 10. The fourth-order valence-corrected chi connectivity index (χ4v) is 11.4. The van der Waals surface area contributed by atoms with Crippen molar-refractivity contribution in [3.05, 3.63) is 287 Å². The Bertz CT molecular complexity index is 3510. The number of para-hydroxylation sites is 4. The second-order valence-corrected chi connectivity index (χ2v) is 21.8. The van der Waals surface area contributed by atoms with E-state index in [1.54, 1.807) is 0 Å². The second kappa shape index (κ2) is 18.0. The zero-order valence-electron chi connectivity index (χ0n) is 42.6. The Hall–Kier alpha value is -8.46. The molecule has 1 spiro atoms. The third kappa shape index (κ3) is 8.08. The maximum atomic E-state index is 2.55. The normalized spacial score (nSPS) is 13.1. The van der Waals surface area contributed by atoms with Crippen LogP contribution in [0.5, 0.6) is 0 Å². The van der Waals surface area contributed by atoms with Gasteiger partial charge in [0.15, 0.2) is 0 Å². The van der Waals surface area contributed by atoms with E-state index in [9.17, 15) is 0 Å². The minimum Gasteiger partial charge on any atom is -0.311 e. The van der Waals surface area contributed by atoms with E-state index in [-0.39, 0.29) is 10.8 Å². The monoisotopic (exact) mass is 940 g/mol. The van der Waals surface area contributed by atoms with Crippen LogP contribution in [0.2, 0.25) is 0 Å². The fourth-order valence-electron chi connectivity index (χ4n) is 11.4. The summed E-state index contributed by atoms with van der Waals surface area (Å²) in [6.45, 7) is 14.0. The highest BCUT2D eigenvalue weighted by atomic mass is 15.1. The molecule has 0 N–H and O–H groups in total. The molecule has 2 aliphatic carbocycles. The van der Waals surface area contributed by atoms with Crippen molar-refractivity contribution in [3.63, 3.8) is 0 Å². The lowest BCUT2D eigenvalue weighted by atomic mass is 9.68. The lowest BCUT2D eigenvalue weighted by molar-refractivity contribution is 0.586. The van der Waals surface area contributed by atoms with Crippen LogP contribution >= 0.6 is 0 Å². The summed E-state index contributed by atoms with van der Waals surface area (Å²) in [7, 11) is 0. The van der Waals surface area contributed by atoms with Crippen molar-refractivity contribution in [2.45, 2.75) is 57.8 Å². The minimum atomic E-state index is -0.547. The van der Waals surface area contributed by atoms with Crippen molar-refractivity contribution in [2.75, 3.05) is 9.80 Å². The number of nitrogens with zero attached hydrogens (tertiary/aromatic N) is 2. The number of anilines is 6. The van der Waals surface area contributed by atoms with Gasteiger partial charge in [0, 0.05) is 34.1 Å². The molecule has 0 heterocycles. The first-order valence-corrected chi connectivity index (χ1v) is 25.7. The summed E-state index contributed by atoms with van der Waals surface area (Å²) in [6.07, 6.45) is 4.56. The number of hydrogen-bond acceptors (Lipinski definition) is 2. The molecule has 0 saturated carbocycles. The van der Waals surface area contributed by atoms with Crippen LogP contribution in [0.25, 0.3) is 45.5 Å². The van der Waals surface area contributed by atoms with Gasteiger partial charge in [-0.3, -0.25) is 0 Å². The number of benzene rings is 10. The number of hydrogen-bond donors (Lipinski definition) is 0. The van der Waals surface area contributed by atoms with Gasteiger partial charge in [-0.1, -0.05) is 211 Å². The largest absolute Gasteiger partial charge is 0.311 e. The molecule has 0 aromatic heterocycles. The third-order valence-corrected chi connectivity index (χ3v) is 15.2. The molecule has 0 saturated heterocycles. The quantitative estimate of drug-likeness (QED) is 0.133. The molecule has 0 fully saturated rings. The van der Waals surface area contributed by atoms with Gasteiger partial charge in [0.05, 0.1) is 5.41 Å². The Kier molecular flexibility index (Phi) is 11.3. The Morgan fingerprint density at radius 3 is 1.03 bits per heavy atom. The molecular weight excluding hydrogens is 881 g/mol. The third-order valence-electron chi connectivity index (χ3n) is 15.2. The summed E-state index contributed by atoms with van der Waals surface area (Å²) in [4.78, 5) is 4.64. The van der Waals surface area contributed by atoms with Gasteiger partial charge in [0.1, 0.15) is 0 Å². The van der Waals surface area contributed by atoms with E-state index < -0.39 is 5.41 Å². The molecular formula is C71H60N2. The first-order valence-electron chi connectivity index (χ1n) is 25.7. The predicted molar refractivity (Wildman–Crippen MR) is 310 cm³/mol. The smallest absolute Gasteiger partial charge is 0.0726 e. The van der Waals surface area contributed by atoms with Crippen LogP contribution in [0.15, 0.2) is 243 Å². The van der Waals surface area contributed by atoms with Gasteiger partial charge in [-0.25, -0.2) is 0 Å². The topological polar surface area (TPSA) is 6.48 Å². The molecule has 0 unspecified atom stereocenters. The van der Waals surface area contributed by atoms with Crippen LogP contribution in [-0.2, 0) is 16.2 Å². The molecule has 0 aliphatic heterocycles. The van der Waals surface area contributed by atoms with E-state index in [2.05, 4.69) is 306 Å². The number of rotatable bonds is 9. The van der Waals surface area contributed by atoms with Crippen LogP contribution in [0.4, 0.5) is 34.1 Å². The van der Waals surface area contributed by atoms with Crippen molar-refractivity contribution in [1.82, 2.24) is 0 Å². The summed E-state index contributed by atoms with van der Waals surface area (Å²) >= 11 is 0. The van der Waals surface area contributed by atoms with Crippen LogP contribution in [0, 0.1) is 0 Å². The molecule has 73 heavy (non-hydrogen) atoms. The van der Waals surface area contributed by atoms with E-state index in [1.165, 1.54) is 72.3 Å². The van der Waals surface area contributed by atoms with Crippen LogP contribution < -0.4 is 9.80 Å². The van der Waals surface area contributed by atoms with Gasteiger partial charge in [-0.2, -0.15) is 0 Å². The van der Waals surface area contributed by atoms with E-state index in [0.717, 1.165) is 39.7 Å². The highest BCUT2D eigenvalue weighted by Gasteiger charge is 2.52. The minimum absolute atomic E-state index is 0.0395. The van der Waals surface area contributed by atoms with E-state index in [1.807, 2.05) is 0 Å². The molecule has 354 valence electrons. The van der Waals surface area contributed by atoms with E-state index in [0.29, 0.717) is 0 Å². The fraction of sp³-hybridized carbons (Fsp3) is 0.127. The highest BCUT2D eigenvalue weighted by molar-refractivity contribution is 5.97. The maximum Gasteiger partial charge on any atom is 0.0726 e. The van der Waals surface area contributed by atoms with Crippen LogP contribution in [-0.4, -0.2) is 0 Å². The summed E-state index contributed by atoms with van der Waals surface area (Å²) < 4.78 is 0. The zero-order chi connectivity index (χ0) is 49.9. The summed E-state index contributed by atoms with van der Waals surface area (Å²) in [5, 5.41) is 0. The van der Waals surface area contributed by atoms with Crippen molar-refractivity contribution in [1.29, 1.82) is 0 Å². The van der Waals surface area contributed by atoms with Crippen molar-refractivity contribution < 1.29 is 0 Å². The van der Waals surface area contributed by atoms with Gasteiger partial charge >= 0.3 is 0 Å². The zero-order valence-corrected chi connectivity index (χ0v) is 42.6. The maximum absolute atomic E-state index is 2.55. The average Bonchev–Trinajstić information content (AvgIpc) is 3.90. The van der Waals surface area contributed by atoms with Crippen molar-refractivity contribution in [2.24, 2.45) is 0 Å². The summed E-state index contributed by atoms with van der Waals surface area (Å²) in [5.41, 5.74) is 24.2. The van der Waals surface area contributed by atoms with Gasteiger partial charge in [0.25, 0.3) is 0 Å². The molecule has 12 rings (SSSR count). The van der Waals surface area contributed by atoms with Crippen LogP contribution in [0.3, 0.4) is 0 Å². The van der Waals surface area contributed by atoms with Gasteiger partial charge in [-0.05, 0) is 174 Å². The molecule has 2 nitrogen and oxygen atoms in total. The highest BCUT2D eigenvalue weighted by Crippen LogP contribution is 2.64. The first-order chi connectivity index (χ1) is 35.4.